The van der Waals surface area contributed by atoms with E-state index in [-0.39, 0.29) is 24.8 Å². The number of carbonyl (C=O) groups excluding carboxylic acids is 3. The Morgan fingerprint density at radius 1 is 1.29 bits per heavy atom. The lowest BCUT2D eigenvalue weighted by molar-refractivity contribution is -0.130. The summed E-state index contributed by atoms with van der Waals surface area (Å²) in [6.45, 7) is 0.680. The van der Waals surface area contributed by atoms with Gasteiger partial charge >= 0.3 is 6.03 Å². The summed E-state index contributed by atoms with van der Waals surface area (Å²) in [5, 5.41) is 4.85. The molecule has 2 heterocycles. The van der Waals surface area contributed by atoms with E-state index in [1.165, 1.54) is 0 Å². The van der Waals surface area contributed by atoms with Gasteiger partial charge in [-0.15, -0.1) is 0 Å². The van der Waals surface area contributed by atoms with Crippen molar-refractivity contribution in [3.8, 4) is 0 Å². The normalized spacial score (nSPS) is 24.3. The van der Waals surface area contributed by atoms with Gasteiger partial charge in [0, 0.05) is 12.2 Å². The first-order valence-corrected chi connectivity index (χ1v) is 6.74. The second kappa shape index (κ2) is 4.76. The van der Waals surface area contributed by atoms with Gasteiger partial charge in [0.2, 0.25) is 5.91 Å². The van der Waals surface area contributed by atoms with Crippen LogP contribution in [0.25, 0.3) is 0 Å². The smallest absolute Gasteiger partial charge is 0.322 e. The third-order valence-electron chi connectivity index (χ3n) is 3.97. The second-order valence-corrected chi connectivity index (χ2v) is 5.47. The van der Waals surface area contributed by atoms with Gasteiger partial charge < -0.3 is 16.0 Å². The number of nitrogens with zero attached hydrogens (tertiary/aromatic N) is 1. The quantitative estimate of drug-likeness (QED) is 0.509. The van der Waals surface area contributed by atoms with Crippen LogP contribution in [0.4, 0.5) is 10.5 Å². The van der Waals surface area contributed by atoms with Crippen LogP contribution in [-0.2, 0) is 16.0 Å². The van der Waals surface area contributed by atoms with Crippen molar-refractivity contribution >= 4 is 23.5 Å². The lowest BCUT2D eigenvalue weighted by atomic mass is 9.99. The number of anilines is 1. The molecule has 0 bridgehead atoms. The average molecular weight is 288 g/mol. The van der Waals surface area contributed by atoms with E-state index in [0.29, 0.717) is 18.7 Å². The zero-order valence-corrected chi connectivity index (χ0v) is 11.4. The monoisotopic (exact) mass is 288 g/mol. The van der Waals surface area contributed by atoms with E-state index in [2.05, 4.69) is 10.6 Å². The number of rotatable bonds is 2. The molecule has 1 unspecified atom stereocenters. The highest BCUT2D eigenvalue weighted by atomic mass is 16.2. The van der Waals surface area contributed by atoms with Crippen LogP contribution in [0.3, 0.4) is 0 Å². The Balaban J connectivity index is 1.66. The number of urea groups is 1. The summed E-state index contributed by atoms with van der Waals surface area (Å²) >= 11 is 0. The molecule has 0 radical (unpaired) electrons. The number of benzene rings is 1. The molecule has 2 fully saturated rings. The van der Waals surface area contributed by atoms with Crippen molar-refractivity contribution in [2.24, 2.45) is 0 Å². The van der Waals surface area contributed by atoms with Crippen molar-refractivity contribution in [1.82, 2.24) is 15.5 Å². The first-order chi connectivity index (χ1) is 9.98. The van der Waals surface area contributed by atoms with Crippen molar-refractivity contribution < 1.29 is 14.4 Å². The molecule has 4 amide bonds. The Morgan fingerprint density at radius 3 is 2.62 bits per heavy atom. The van der Waals surface area contributed by atoms with Gasteiger partial charge in [-0.1, -0.05) is 12.1 Å². The highest BCUT2D eigenvalue weighted by Gasteiger charge is 2.51. The molecule has 1 aromatic rings. The minimum absolute atomic E-state index is 0.0643. The van der Waals surface area contributed by atoms with Gasteiger partial charge in [-0.3, -0.25) is 14.9 Å². The predicted octanol–water partition coefficient (Wildman–Crippen LogP) is -0.378. The molecule has 21 heavy (non-hydrogen) atoms. The number of likely N-dealkylation sites (tertiary alicyclic amines) is 1. The van der Waals surface area contributed by atoms with Gasteiger partial charge in [0.25, 0.3) is 5.91 Å². The number of nitrogen functional groups attached to an aromatic ring is 1. The summed E-state index contributed by atoms with van der Waals surface area (Å²) in [7, 11) is 0. The lowest BCUT2D eigenvalue weighted by Gasteiger charge is -2.21. The van der Waals surface area contributed by atoms with Crippen LogP contribution in [0.1, 0.15) is 12.0 Å². The molecule has 2 saturated heterocycles. The summed E-state index contributed by atoms with van der Waals surface area (Å²) < 4.78 is 0. The molecule has 0 saturated carbocycles. The molecule has 7 heteroatoms. The average Bonchev–Trinajstić information content (AvgIpc) is 2.97. The first-order valence-electron chi connectivity index (χ1n) is 6.74. The Hall–Kier alpha value is -2.57. The summed E-state index contributed by atoms with van der Waals surface area (Å²) in [4.78, 5) is 37.0. The van der Waals surface area contributed by atoms with E-state index >= 15 is 0 Å². The lowest BCUT2D eigenvalue weighted by Crippen LogP contribution is -2.49. The van der Waals surface area contributed by atoms with Crippen LogP contribution >= 0.6 is 0 Å². The number of hydrogen-bond acceptors (Lipinski definition) is 4. The molecule has 4 N–H and O–H groups in total. The number of amides is 4. The van der Waals surface area contributed by atoms with Gasteiger partial charge in [-0.25, -0.2) is 4.79 Å². The van der Waals surface area contributed by atoms with Gasteiger partial charge in [0.05, 0.1) is 13.0 Å². The number of nitrogens with one attached hydrogen (secondary N) is 2. The van der Waals surface area contributed by atoms with Crippen LogP contribution < -0.4 is 16.4 Å². The summed E-state index contributed by atoms with van der Waals surface area (Å²) in [5.41, 5.74) is 6.18. The van der Waals surface area contributed by atoms with Crippen molar-refractivity contribution in [3.63, 3.8) is 0 Å². The summed E-state index contributed by atoms with van der Waals surface area (Å²) in [5.74, 6) is -0.416. The molecule has 2 aliphatic rings. The van der Waals surface area contributed by atoms with Crippen molar-refractivity contribution in [1.29, 1.82) is 0 Å². The van der Waals surface area contributed by atoms with Crippen LogP contribution in [0.2, 0.25) is 0 Å². The Labute approximate surface area is 121 Å². The zero-order valence-electron chi connectivity index (χ0n) is 11.4. The number of nitrogens with two attached hydrogens (primary N) is 1. The molecule has 7 nitrogen and oxygen atoms in total. The molecular weight excluding hydrogens is 272 g/mol. The third-order valence-corrected chi connectivity index (χ3v) is 3.97. The van der Waals surface area contributed by atoms with Gasteiger partial charge in [0.1, 0.15) is 5.54 Å². The largest absolute Gasteiger partial charge is 0.399 e. The number of imide groups is 1. The Bertz CT molecular complexity index is 613. The summed E-state index contributed by atoms with van der Waals surface area (Å²) in [6.07, 6.45) is 0.698. The van der Waals surface area contributed by atoms with E-state index < -0.39 is 11.6 Å². The number of carbonyl (C=O) groups is 3. The first kappa shape index (κ1) is 13.4. The van der Waals surface area contributed by atoms with Crippen LogP contribution in [0.5, 0.6) is 0 Å². The van der Waals surface area contributed by atoms with Gasteiger partial charge in [-0.05, 0) is 24.1 Å². The zero-order chi connectivity index (χ0) is 15.0. The van der Waals surface area contributed by atoms with Crippen molar-refractivity contribution in [2.75, 3.05) is 18.8 Å². The van der Waals surface area contributed by atoms with Crippen LogP contribution in [0.15, 0.2) is 24.3 Å². The van der Waals surface area contributed by atoms with E-state index in [0.717, 1.165) is 5.56 Å². The van der Waals surface area contributed by atoms with Crippen molar-refractivity contribution in [3.05, 3.63) is 29.8 Å². The highest BCUT2D eigenvalue weighted by molar-refractivity contribution is 6.07. The highest BCUT2D eigenvalue weighted by Crippen LogP contribution is 2.25. The molecule has 1 aromatic carbocycles. The predicted molar refractivity (Wildman–Crippen MR) is 75.2 cm³/mol. The molecule has 1 atom stereocenters. The van der Waals surface area contributed by atoms with E-state index in [1.807, 2.05) is 12.1 Å². The molecule has 2 aliphatic heterocycles. The third kappa shape index (κ3) is 2.42. The maximum atomic E-state index is 12.3. The maximum Gasteiger partial charge on any atom is 0.322 e. The standard InChI is InChI=1S/C14H16N4O3/c15-10-3-1-9(2-4-10)7-11(19)18-6-5-14(8-18)12(20)16-13(21)17-14/h1-4H,5-8,15H2,(H2,16,17,20,21). The minimum Gasteiger partial charge on any atom is -0.399 e. The van der Waals surface area contributed by atoms with Crippen LogP contribution in [0, 0.1) is 0 Å². The number of hydrogen-bond donors (Lipinski definition) is 3. The minimum atomic E-state index is -0.951. The van der Waals surface area contributed by atoms with E-state index in [4.69, 9.17) is 5.73 Å². The molecule has 3 rings (SSSR count). The van der Waals surface area contributed by atoms with Gasteiger partial charge in [-0.2, -0.15) is 0 Å². The van der Waals surface area contributed by atoms with Crippen LogP contribution in [-0.4, -0.2) is 41.4 Å². The SMILES string of the molecule is Nc1ccc(CC(=O)N2CCC3(C2)NC(=O)NC3=O)cc1. The maximum absolute atomic E-state index is 12.3. The van der Waals surface area contributed by atoms with Gasteiger partial charge in [0.15, 0.2) is 0 Å². The Morgan fingerprint density at radius 2 is 2.00 bits per heavy atom. The molecule has 0 aromatic heterocycles. The van der Waals surface area contributed by atoms with E-state index in [9.17, 15) is 14.4 Å². The molecule has 1 spiro atoms. The molecule has 110 valence electrons. The fourth-order valence-corrected chi connectivity index (χ4v) is 2.76. The second-order valence-electron chi connectivity index (χ2n) is 5.47. The Kier molecular flexibility index (Phi) is 3.04. The molecular formula is C14H16N4O3. The topological polar surface area (TPSA) is 105 Å². The summed E-state index contributed by atoms with van der Waals surface area (Å²) in [6, 6.07) is 6.62. The fourth-order valence-electron chi connectivity index (χ4n) is 2.76. The van der Waals surface area contributed by atoms with E-state index in [1.54, 1.807) is 17.0 Å². The van der Waals surface area contributed by atoms with Crippen molar-refractivity contribution in [2.45, 2.75) is 18.4 Å². The molecule has 0 aliphatic carbocycles. The fraction of sp³-hybridized carbons (Fsp3) is 0.357.